The third kappa shape index (κ3) is 7.13. The molecule has 5 atom stereocenters. The molecular weight excluding hydrogens is 502 g/mol. The molecule has 202 valence electrons. The fourth-order valence-corrected chi connectivity index (χ4v) is 4.06. The highest BCUT2D eigenvalue weighted by Gasteiger charge is 2.52. The molecule has 0 spiro atoms. The number of esters is 4. The highest BCUT2D eigenvalue weighted by atomic mass is 16.7. The summed E-state index contributed by atoms with van der Waals surface area (Å²) < 4.78 is 27.7. The molecule has 0 radical (unpaired) electrons. The summed E-state index contributed by atoms with van der Waals surface area (Å²) in [5.41, 5.74) is 1.54. The number of carbonyl (C=O) groups excluding carboxylic acids is 4. The van der Waals surface area contributed by atoms with Crippen LogP contribution in [0.2, 0.25) is 0 Å². The fraction of sp³-hybridized carbons (Fsp3) is 0.385. The lowest BCUT2D eigenvalue weighted by molar-refractivity contribution is -0.254. The first-order valence-electron chi connectivity index (χ1n) is 11.6. The van der Waals surface area contributed by atoms with Crippen molar-refractivity contribution in [3.05, 3.63) is 53.7 Å². The molecule has 5 unspecified atom stereocenters. The van der Waals surface area contributed by atoms with Gasteiger partial charge in [0.25, 0.3) is 0 Å². The molecule has 0 amide bonds. The molecule has 1 aromatic carbocycles. The van der Waals surface area contributed by atoms with Crippen LogP contribution in [0.4, 0.5) is 0 Å². The molecule has 38 heavy (non-hydrogen) atoms. The van der Waals surface area contributed by atoms with Gasteiger partial charge in [0.1, 0.15) is 18.8 Å². The van der Waals surface area contributed by atoms with E-state index in [9.17, 15) is 24.0 Å². The lowest BCUT2D eigenvalue weighted by Crippen LogP contribution is -2.59. The van der Waals surface area contributed by atoms with Crippen LogP contribution < -0.4 is 0 Å². The van der Waals surface area contributed by atoms with Gasteiger partial charge in [-0.3, -0.25) is 24.2 Å². The largest absolute Gasteiger partial charge is 0.478 e. The van der Waals surface area contributed by atoms with Gasteiger partial charge in [-0.15, -0.1) is 0 Å². The van der Waals surface area contributed by atoms with Crippen LogP contribution in [0.5, 0.6) is 0 Å². The number of rotatable bonds is 8. The van der Waals surface area contributed by atoms with E-state index in [0.29, 0.717) is 16.8 Å². The molecule has 0 saturated carbocycles. The fourth-order valence-electron chi connectivity index (χ4n) is 4.06. The molecule has 1 aliphatic heterocycles. The van der Waals surface area contributed by atoms with Gasteiger partial charge in [0.2, 0.25) is 0 Å². The summed E-state index contributed by atoms with van der Waals surface area (Å²) in [4.78, 5) is 62.9. The number of nitrogens with zero attached hydrogens (tertiary/aromatic N) is 1. The summed E-state index contributed by atoms with van der Waals surface area (Å²) in [6, 6.07) is 9.73. The Balaban J connectivity index is 2.07. The number of aromatic carboxylic acids is 1. The van der Waals surface area contributed by atoms with Crippen molar-refractivity contribution >= 4 is 29.8 Å². The lowest BCUT2D eigenvalue weighted by atomic mass is 9.89. The molecule has 1 aromatic heterocycles. The highest BCUT2D eigenvalue weighted by molar-refractivity contribution is 5.87. The van der Waals surface area contributed by atoms with E-state index in [1.54, 1.807) is 24.3 Å². The first kappa shape index (κ1) is 28.3. The number of carboxylic acid groups (broad SMARTS) is 1. The molecule has 12 nitrogen and oxygen atoms in total. The summed E-state index contributed by atoms with van der Waals surface area (Å²) in [6.07, 6.45) is -4.71. The Morgan fingerprint density at radius 1 is 0.842 bits per heavy atom. The van der Waals surface area contributed by atoms with Crippen molar-refractivity contribution in [2.75, 3.05) is 6.61 Å². The summed E-state index contributed by atoms with van der Waals surface area (Å²) >= 11 is 0. The van der Waals surface area contributed by atoms with E-state index in [2.05, 4.69) is 4.98 Å². The Bertz CT molecular complexity index is 1210. The average molecular weight is 529 g/mol. The number of hydrogen-bond acceptors (Lipinski definition) is 11. The van der Waals surface area contributed by atoms with Crippen molar-refractivity contribution in [2.24, 2.45) is 0 Å². The monoisotopic (exact) mass is 529 g/mol. The third-order valence-electron chi connectivity index (χ3n) is 5.51. The van der Waals surface area contributed by atoms with Gasteiger partial charge in [0.15, 0.2) is 18.3 Å². The van der Waals surface area contributed by atoms with Gasteiger partial charge in [-0.05, 0) is 23.8 Å². The second kappa shape index (κ2) is 12.3. The van der Waals surface area contributed by atoms with E-state index in [1.807, 2.05) is 0 Å². The minimum absolute atomic E-state index is 0.0180. The molecule has 1 fully saturated rings. The number of benzene rings is 1. The van der Waals surface area contributed by atoms with Gasteiger partial charge >= 0.3 is 29.8 Å². The summed E-state index contributed by atoms with van der Waals surface area (Å²) in [5.74, 6) is -3.89. The van der Waals surface area contributed by atoms with E-state index < -0.39 is 60.4 Å². The second-order valence-electron chi connectivity index (χ2n) is 8.48. The zero-order chi connectivity index (χ0) is 28.0. The van der Waals surface area contributed by atoms with Crippen molar-refractivity contribution in [3.63, 3.8) is 0 Å². The summed E-state index contributed by atoms with van der Waals surface area (Å²) in [7, 11) is 0. The van der Waals surface area contributed by atoms with Gasteiger partial charge in [0.05, 0.1) is 11.3 Å². The zero-order valence-corrected chi connectivity index (χ0v) is 21.1. The average Bonchev–Trinajstić information content (AvgIpc) is 2.84. The number of pyridine rings is 1. The number of aromatic nitrogens is 1. The molecule has 0 aliphatic carbocycles. The molecule has 1 N–H and O–H groups in total. The minimum Gasteiger partial charge on any atom is -0.478 e. The zero-order valence-electron chi connectivity index (χ0n) is 21.1. The molecule has 0 bridgehead atoms. The van der Waals surface area contributed by atoms with Gasteiger partial charge < -0.3 is 28.8 Å². The van der Waals surface area contributed by atoms with Crippen LogP contribution >= 0.6 is 0 Å². The number of carboxylic acids is 1. The van der Waals surface area contributed by atoms with Crippen LogP contribution in [0.3, 0.4) is 0 Å². The molecule has 1 aliphatic rings. The summed E-state index contributed by atoms with van der Waals surface area (Å²) in [5, 5.41) is 9.13. The summed E-state index contributed by atoms with van der Waals surface area (Å²) in [6.45, 7) is 4.31. The van der Waals surface area contributed by atoms with E-state index in [1.165, 1.54) is 25.3 Å². The van der Waals surface area contributed by atoms with E-state index >= 15 is 0 Å². The number of hydrogen-bond donors (Lipinski definition) is 1. The van der Waals surface area contributed by atoms with E-state index in [-0.39, 0.29) is 12.2 Å². The minimum atomic E-state index is -1.30. The molecule has 2 heterocycles. The number of carbonyl (C=O) groups is 5. The van der Waals surface area contributed by atoms with Crippen molar-refractivity contribution in [1.29, 1.82) is 0 Å². The molecule has 2 aromatic rings. The van der Waals surface area contributed by atoms with Crippen LogP contribution in [0.25, 0.3) is 11.3 Å². The van der Waals surface area contributed by atoms with Crippen LogP contribution in [0.15, 0.2) is 42.6 Å². The van der Waals surface area contributed by atoms with E-state index in [0.717, 1.165) is 20.8 Å². The smallest absolute Gasteiger partial charge is 0.337 e. The molecule has 3 rings (SSSR count). The van der Waals surface area contributed by atoms with Gasteiger partial charge in [-0.2, -0.15) is 0 Å². The van der Waals surface area contributed by atoms with Crippen molar-refractivity contribution < 1.29 is 52.8 Å². The standard InChI is InChI=1S/C26H27NO11/c1-13(28)34-12-21-23(35-14(2)29)25(37-16(4)31)24(36-15(3)30)22(38-21)18-7-5-6-17(10-18)20-9-8-19(11-27-20)26(32)33/h5-11,21-25H,12H2,1-4H3,(H,32,33). The van der Waals surface area contributed by atoms with Crippen molar-refractivity contribution in [3.8, 4) is 11.3 Å². The Hall–Kier alpha value is -4.32. The highest BCUT2D eigenvalue weighted by Crippen LogP contribution is 2.38. The molecular formula is C26H27NO11. The Morgan fingerprint density at radius 2 is 1.47 bits per heavy atom. The predicted octanol–water partition coefficient (Wildman–Crippen LogP) is 2.24. The normalized spacial score (nSPS) is 22.6. The van der Waals surface area contributed by atoms with Gasteiger partial charge in [-0.1, -0.05) is 18.2 Å². The maximum atomic E-state index is 12.1. The van der Waals surface area contributed by atoms with Crippen molar-refractivity contribution in [2.45, 2.75) is 58.2 Å². The quantitative estimate of drug-likeness (QED) is 0.392. The SMILES string of the molecule is CC(=O)OCC1OC(c2cccc(-c3ccc(C(=O)O)cn3)c2)C(OC(C)=O)C(OC(C)=O)C1OC(C)=O. The molecule has 1 saturated heterocycles. The molecule has 12 heteroatoms. The number of ether oxygens (including phenoxy) is 5. The maximum absolute atomic E-state index is 12.1. The lowest BCUT2D eigenvalue weighted by Gasteiger charge is -2.44. The van der Waals surface area contributed by atoms with Crippen LogP contribution in [0, 0.1) is 0 Å². The predicted molar refractivity (Wildman–Crippen MR) is 128 cm³/mol. The Labute approximate surface area is 217 Å². The third-order valence-corrected chi connectivity index (χ3v) is 5.51. The first-order chi connectivity index (χ1) is 18.0. The van der Waals surface area contributed by atoms with Crippen LogP contribution in [0.1, 0.15) is 49.7 Å². The Morgan fingerprint density at radius 3 is 2.03 bits per heavy atom. The van der Waals surface area contributed by atoms with Crippen LogP contribution in [-0.2, 0) is 42.9 Å². The Kier molecular flexibility index (Phi) is 9.13. The first-order valence-corrected chi connectivity index (χ1v) is 11.6. The van der Waals surface area contributed by atoms with Crippen LogP contribution in [-0.4, -0.2) is 71.0 Å². The van der Waals surface area contributed by atoms with E-state index in [4.69, 9.17) is 28.8 Å². The van der Waals surface area contributed by atoms with Gasteiger partial charge in [0, 0.05) is 39.5 Å². The van der Waals surface area contributed by atoms with Crippen molar-refractivity contribution in [1.82, 2.24) is 4.98 Å². The topological polar surface area (TPSA) is 165 Å². The maximum Gasteiger partial charge on any atom is 0.337 e. The second-order valence-corrected chi connectivity index (χ2v) is 8.48. The van der Waals surface area contributed by atoms with Gasteiger partial charge in [-0.25, -0.2) is 4.79 Å².